The highest BCUT2D eigenvalue weighted by atomic mass is 16.6. The van der Waals surface area contributed by atoms with Crippen molar-refractivity contribution in [3.8, 4) is 11.5 Å². The molecule has 0 radical (unpaired) electrons. The maximum absolute atomic E-state index is 13.6. The van der Waals surface area contributed by atoms with Gasteiger partial charge in [-0.3, -0.25) is 9.69 Å². The summed E-state index contributed by atoms with van der Waals surface area (Å²) in [7, 11) is 0. The third kappa shape index (κ3) is 5.63. The fraction of sp³-hybridized carbons (Fsp3) is 0.615. The quantitative estimate of drug-likeness (QED) is 0.606. The lowest BCUT2D eigenvalue weighted by molar-refractivity contribution is -0.124. The molecule has 0 bridgehead atoms. The summed E-state index contributed by atoms with van der Waals surface area (Å²) in [5.41, 5.74) is 1.15. The van der Waals surface area contributed by atoms with Gasteiger partial charge in [0.2, 0.25) is 0 Å². The van der Waals surface area contributed by atoms with Gasteiger partial charge in [0.1, 0.15) is 5.60 Å². The lowest BCUT2D eigenvalue weighted by Crippen LogP contribution is -2.47. The molecule has 0 N–H and O–H groups in total. The van der Waals surface area contributed by atoms with Gasteiger partial charge >= 0.3 is 6.09 Å². The molecule has 1 aliphatic carbocycles. The second kappa shape index (κ2) is 9.65. The van der Waals surface area contributed by atoms with Crippen molar-refractivity contribution in [1.82, 2.24) is 15.0 Å². The van der Waals surface area contributed by atoms with Crippen LogP contribution in [0.1, 0.15) is 70.7 Å². The van der Waals surface area contributed by atoms with Crippen molar-refractivity contribution in [1.29, 1.82) is 0 Å². The molecule has 7 nitrogen and oxygen atoms in total. The van der Waals surface area contributed by atoms with Crippen LogP contribution in [-0.4, -0.2) is 45.1 Å². The summed E-state index contributed by atoms with van der Waals surface area (Å²) in [5, 5.41) is 3.83. The van der Waals surface area contributed by atoms with E-state index in [4.69, 9.17) is 9.26 Å². The van der Waals surface area contributed by atoms with E-state index in [0.29, 0.717) is 24.2 Å². The number of rotatable bonds is 5. The summed E-state index contributed by atoms with van der Waals surface area (Å²) in [6.45, 7) is 7.96. The number of carbonyl (C=O) groups is 2. The van der Waals surface area contributed by atoms with Crippen molar-refractivity contribution in [2.75, 3.05) is 6.54 Å². The Morgan fingerprint density at radius 1 is 1.09 bits per heavy atom. The predicted octanol–water partition coefficient (Wildman–Crippen LogP) is 5.36. The van der Waals surface area contributed by atoms with E-state index in [0.717, 1.165) is 30.4 Å². The number of hydrogen-bond acceptors (Lipinski definition) is 6. The molecule has 4 rings (SSSR count). The van der Waals surface area contributed by atoms with Crippen molar-refractivity contribution in [2.45, 2.75) is 84.3 Å². The molecule has 2 heterocycles. The Bertz CT molecular complexity index is 970. The van der Waals surface area contributed by atoms with E-state index in [-0.39, 0.29) is 24.2 Å². The molecule has 1 saturated carbocycles. The van der Waals surface area contributed by atoms with Crippen LogP contribution in [-0.2, 0) is 16.0 Å². The van der Waals surface area contributed by atoms with Crippen LogP contribution in [0.3, 0.4) is 0 Å². The molecule has 0 spiro atoms. The number of ether oxygens (including phenoxy) is 1. The Labute approximate surface area is 195 Å². The molecule has 0 unspecified atom stereocenters. The molecule has 1 saturated heterocycles. The van der Waals surface area contributed by atoms with Crippen molar-refractivity contribution in [3.05, 3.63) is 35.7 Å². The number of hydrogen-bond donors (Lipinski definition) is 0. The molecular weight excluding hydrogens is 418 g/mol. The van der Waals surface area contributed by atoms with Gasteiger partial charge < -0.3 is 9.26 Å². The molecule has 2 aromatic rings. The van der Waals surface area contributed by atoms with E-state index in [1.165, 1.54) is 19.3 Å². The lowest BCUT2D eigenvalue weighted by Gasteiger charge is -2.34. The Morgan fingerprint density at radius 2 is 1.79 bits per heavy atom. The highest BCUT2D eigenvalue weighted by molar-refractivity contribution is 5.90. The summed E-state index contributed by atoms with van der Waals surface area (Å²) in [5.74, 6) is 1.86. The minimum absolute atomic E-state index is 0.0929. The molecule has 1 aromatic carbocycles. The van der Waals surface area contributed by atoms with Gasteiger partial charge in [-0.2, -0.15) is 4.98 Å². The molecule has 2 aliphatic rings. The maximum atomic E-state index is 13.6. The van der Waals surface area contributed by atoms with Gasteiger partial charge in [0, 0.05) is 18.5 Å². The van der Waals surface area contributed by atoms with Crippen LogP contribution >= 0.6 is 0 Å². The summed E-state index contributed by atoms with van der Waals surface area (Å²) in [4.78, 5) is 32.6. The van der Waals surface area contributed by atoms with Gasteiger partial charge in [-0.15, -0.1) is 0 Å². The van der Waals surface area contributed by atoms with Gasteiger partial charge in [0.15, 0.2) is 11.6 Å². The normalized spacial score (nSPS) is 21.9. The highest BCUT2D eigenvalue weighted by Crippen LogP contribution is 2.40. The van der Waals surface area contributed by atoms with E-state index < -0.39 is 11.6 Å². The van der Waals surface area contributed by atoms with Gasteiger partial charge in [-0.1, -0.05) is 49.4 Å². The molecule has 2 fully saturated rings. The molecular formula is C26H35N3O4. The third-order valence-corrected chi connectivity index (χ3v) is 6.76. The smallest absolute Gasteiger partial charge is 0.410 e. The number of likely N-dealkylation sites (tertiary alicyclic amines) is 1. The fourth-order valence-electron chi connectivity index (χ4n) is 5.30. The van der Waals surface area contributed by atoms with E-state index in [1.807, 2.05) is 45.0 Å². The summed E-state index contributed by atoms with van der Waals surface area (Å²) in [6, 6.07) is 7.23. The molecule has 7 heteroatoms. The predicted molar refractivity (Wildman–Crippen MR) is 125 cm³/mol. The fourth-order valence-corrected chi connectivity index (χ4v) is 5.30. The van der Waals surface area contributed by atoms with Crippen LogP contribution in [0.2, 0.25) is 0 Å². The van der Waals surface area contributed by atoms with Crippen LogP contribution in [0.5, 0.6) is 0 Å². The van der Waals surface area contributed by atoms with Crippen LogP contribution in [0.15, 0.2) is 28.8 Å². The second-order valence-corrected chi connectivity index (χ2v) is 10.5. The Morgan fingerprint density at radius 3 is 2.39 bits per heavy atom. The average Bonchev–Trinajstić information content (AvgIpc) is 3.40. The van der Waals surface area contributed by atoms with Gasteiger partial charge in [-0.25, -0.2) is 4.79 Å². The third-order valence-electron chi connectivity index (χ3n) is 6.76. The van der Waals surface area contributed by atoms with E-state index in [2.05, 4.69) is 10.1 Å². The first-order valence-electron chi connectivity index (χ1n) is 12.1. The Balaban J connectivity index is 1.51. The largest absolute Gasteiger partial charge is 0.444 e. The number of aromatic nitrogens is 2. The first kappa shape index (κ1) is 23.5. The minimum Gasteiger partial charge on any atom is -0.444 e. The number of benzene rings is 1. The van der Waals surface area contributed by atoms with E-state index >= 15 is 0 Å². The topological polar surface area (TPSA) is 85.5 Å². The number of Topliss-reactive ketones (excluding diaryl/α,β-unsaturated/α-hetero) is 1. The molecule has 2 atom stereocenters. The summed E-state index contributed by atoms with van der Waals surface area (Å²) >= 11 is 0. The van der Waals surface area contributed by atoms with Gasteiger partial charge in [0.05, 0.1) is 6.04 Å². The van der Waals surface area contributed by atoms with Crippen LogP contribution < -0.4 is 0 Å². The zero-order chi connectivity index (χ0) is 23.6. The summed E-state index contributed by atoms with van der Waals surface area (Å²) < 4.78 is 10.9. The van der Waals surface area contributed by atoms with Crippen LogP contribution in [0.25, 0.3) is 11.5 Å². The number of aryl methyl sites for hydroxylation is 1. The molecule has 1 amide bonds. The first-order valence-corrected chi connectivity index (χ1v) is 12.1. The number of nitrogens with zero attached hydrogens (tertiary/aromatic N) is 3. The van der Waals surface area contributed by atoms with Gasteiger partial charge in [-0.05, 0) is 63.6 Å². The summed E-state index contributed by atoms with van der Waals surface area (Å²) in [6.07, 6.45) is 6.77. The van der Waals surface area contributed by atoms with Crippen molar-refractivity contribution in [3.63, 3.8) is 0 Å². The first-order chi connectivity index (χ1) is 15.7. The maximum Gasteiger partial charge on any atom is 0.410 e. The molecule has 1 aliphatic heterocycles. The molecule has 33 heavy (non-hydrogen) atoms. The standard InChI is InChI=1S/C26H35N3O4/c1-17-27-24(33-28-17)20-12-10-18(11-13-20)16-22(30)23-21(19-8-6-5-7-9-19)14-15-29(23)25(31)32-26(2,3)4/h10-13,19,21,23H,5-9,14-16H2,1-4H3/t21-,23-/m0/s1. The zero-order valence-electron chi connectivity index (χ0n) is 20.2. The van der Waals surface area contributed by atoms with E-state index in [1.54, 1.807) is 11.8 Å². The number of amides is 1. The lowest BCUT2D eigenvalue weighted by atomic mass is 9.75. The number of carbonyl (C=O) groups excluding carboxylic acids is 2. The molecule has 1 aromatic heterocycles. The second-order valence-electron chi connectivity index (χ2n) is 10.5. The highest BCUT2D eigenvalue weighted by Gasteiger charge is 2.46. The van der Waals surface area contributed by atoms with Crippen LogP contribution in [0.4, 0.5) is 4.79 Å². The van der Waals surface area contributed by atoms with Gasteiger partial charge in [0.25, 0.3) is 5.89 Å². The molecule has 178 valence electrons. The van der Waals surface area contributed by atoms with Crippen molar-refractivity contribution >= 4 is 11.9 Å². The Hall–Kier alpha value is -2.70. The zero-order valence-corrected chi connectivity index (χ0v) is 20.2. The van der Waals surface area contributed by atoms with Crippen molar-refractivity contribution < 1.29 is 18.8 Å². The monoisotopic (exact) mass is 453 g/mol. The Kier molecular flexibility index (Phi) is 6.86. The van der Waals surface area contributed by atoms with Crippen LogP contribution in [0, 0.1) is 18.8 Å². The van der Waals surface area contributed by atoms with Crippen molar-refractivity contribution in [2.24, 2.45) is 11.8 Å². The number of ketones is 1. The average molecular weight is 454 g/mol. The SMILES string of the molecule is Cc1noc(-c2ccc(CC(=O)[C@@H]3[C@H](C4CCCCC4)CCN3C(=O)OC(C)(C)C)cc2)n1. The van der Waals surface area contributed by atoms with E-state index in [9.17, 15) is 9.59 Å². The minimum atomic E-state index is -0.587.